The maximum absolute atomic E-state index is 13.0. The first-order chi connectivity index (χ1) is 10.2. The molecule has 1 saturated carbocycles. The molecule has 4 heteroatoms. The van der Waals surface area contributed by atoms with E-state index < -0.39 is 0 Å². The molecule has 0 aliphatic heterocycles. The summed E-state index contributed by atoms with van der Waals surface area (Å²) in [7, 11) is 2.25. The second-order valence-corrected chi connectivity index (χ2v) is 6.46. The van der Waals surface area contributed by atoms with Gasteiger partial charge in [-0.15, -0.1) is 0 Å². The number of hydrogen-bond donors (Lipinski definition) is 1. The van der Waals surface area contributed by atoms with Crippen LogP contribution in [-0.2, 0) is 6.54 Å². The topological polar surface area (TPSA) is 15.3 Å². The Bertz CT molecular complexity index is 433. The van der Waals surface area contributed by atoms with Crippen molar-refractivity contribution in [3.05, 3.63) is 34.6 Å². The van der Waals surface area contributed by atoms with Crippen LogP contribution in [0.2, 0.25) is 5.02 Å². The molecular formula is C17H26ClFN2. The number of benzene rings is 1. The highest BCUT2D eigenvalue weighted by molar-refractivity contribution is 6.30. The van der Waals surface area contributed by atoms with E-state index in [1.807, 2.05) is 0 Å². The predicted octanol–water partition coefficient (Wildman–Crippen LogP) is 4.22. The summed E-state index contributed by atoms with van der Waals surface area (Å²) in [5.41, 5.74) is 1.03. The van der Waals surface area contributed by atoms with E-state index >= 15 is 0 Å². The third kappa shape index (κ3) is 5.57. The van der Waals surface area contributed by atoms with Gasteiger partial charge in [0, 0.05) is 12.6 Å². The molecule has 21 heavy (non-hydrogen) atoms. The van der Waals surface area contributed by atoms with E-state index in [9.17, 15) is 4.39 Å². The first-order valence-corrected chi connectivity index (χ1v) is 8.39. The van der Waals surface area contributed by atoms with Crippen LogP contribution in [0.5, 0.6) is 0 Å². The lowest BCUT2D eigenvalue weighted by Crippen LogP contribution is -2.35. The van der Waals surface area contributed by atoms with Crippen LogP contribution in [0, 0.1) is 5.82 Å². The van der Waals surface area contributed by atoms with Crippen molar-refractivity contribution in [2.24, 2.45) is 0 Å². The number of nitrogens with zero attached hydrogens (tertiary/aromatic N) is 1. The van der Waals surface area contributed by atoms with Gasteiger partial charge in [0.25, 0.3) is 0 Å². The number of halogens is 2. The number of hydrogen-bond acceptors (Lipinski definition) is 2. The standard InChI is InChI=1S/C17H26ClFN2/c1-21(15-6-3-2-4-7-15)11-5-10-20-13-14-8-9-17(19)16(18)12-14/h8-9,12,15,20H,2-7,10-11,13H2,1H3. The summed E-state index contributed by atoms with van der Waals surface area (Å²) in [4.78, 5) is 2.51. The molecule has 1 fully saturated rings. The lowest BCUT2D eigenvalue weighted by atomic mass is 9.94. The molecule has 118 valence electrons. The molecular weight excluding hydrogens is 287 g/mol. The fraction of sp³-hybridized carbons (Fsp3) is 0.647. The van der Waals surface area contributed by atoms with Crippen molar-refractivity contribution in [2.45, 2.75) is 51.1 Å². The molecule has 0 spiro atoms. The number of rotatable bonds is 7. The minimum absolute atomic E-state index is 0.200. The van der Waals surface area contributed by atoms with Crippen LogP contribution in [0.4, 0.5) is 4.39 Å². The van der Waals surface area contributed by atoms with E-state index in [0.717, 1.165) is 37.7 Å². The van der Waals surface area contributed by atoms with Gasteiger partial charge in [-0.2, -0.15) is 0 Å². The summed E-state index contributed by atoms with van der Waals surface area (Å²) < 4.78 is 13.0. The molecule has 2 rings (SSSR count). The van der Waals surface area contributed by atoms with Gasteiger partial charge in [0.15, 0.2) is 0 Å². The Morgan fingerprint density at radius 1 is 1.29 bits per heavy atom. The Balaban J connectivity index is 1.60. The van der Waals surface area contributed by atoms with E-state index in [-0.39, 0.29) is 10.8 Å². The van der Waals surface area contributed by atoms with Gasteiger partial charge >= 0.3 is 0 Å². The minimum Gasteiger partial charge on any atom is -0.313 e. The van der Waals surface area contributed by atoms with Crippen molar-refractivity contribution in [3.63, 3.8) is 0 Å². The first-order valence-electron chi connectivity index (χ1n) is 8.01. The van der Waals surface area contributed by atoms with Gasteiger partial charge in [-0.05, 0) is 57.1 Å². The summed E-state index contributed by atoms with van der Waals surface area (Å²) >= 11 is 5.77. The zero-order chi connectivity index (χ0) is 15.1. The molecule has 0 saturated heterocycles. The van der Waals surface area contributed by atoms with Gasteiger partial charge < -0.3 is 10.2 Å². The quantitative estimate of drug-likeness (QED) is 0.758. The predicted molar refractivity (Wildman–Crippen MR) is 87.2 cm³/mol. The molecule has 1 aliphatic carbocycles. The lowest BCUT2D eigenvalue weighted by molar-refractivity contribution is 0.189. The second-order valence-electron chi connectivity index (χ2n) is 6.05. The van der Waals surface area contributed by atoms with Crippen LogP contribution in [0.3, 0.4) is 0 Å². The Morgan fingerprint density at radius 3 is 2.76 bits per heavy atom. The summed E-state index contributed by atoms with van der Waals surface area (Å²) in [6.07, 6.45) is 8.04. The van der Waals surface area contributed by atoms with E-state index in [1.165, 1.54) is 38.2 Å². The molecule has 1 N–H and O–H groups in total. The smallest absolute Gasteiger partial charge is 0.141 e. The van der Waals surface area contributed by atoms with Crippen molar-refractivity contribution >= 4 is 11.6 Å². The third-order valence-corrected chi connectivity index (χ3v) is 4.67. The van der Waals surface area contributed by atoms with Crippen LogP contribution in [0.25, 0.3) is 0 Å². The lowest BCUT2D eigenvalue weighted by Gasteiger charge is -2.31. The van der Waals surface area contributed by atoms with E-state index in [4.69, 9.17) is 11.6 Å². The van der Waals surface area contributed by atoms with Gasteiger partial charge in [0.1, 0.15) is 5.82 Å². The highest BCUT2D eigenvalue weighted by atomic mass is 35.5. The largest absolute Gasteiger partial charge is 0.313 e. The summed E-state index contributed by atoms with van der Waals surface area (Å²) in [6, 6.07) is 5.69. The Labute approximate surface area is 132 Å². The maximum Gasteiger partial charge on any atom is 0.141 e. The maximum atomic E-state index is 13.0. The first kappa shape index (κ1) is 16.7. The van der Waals surface area contributed by atoms with Crippen molar-refractivity contribution in [1.29, 1.82) is 0 Å². The molecule has 0 amide bonds. The van der Waals surface area contributed by atoms with Crippen molar-refractivity contribution < 1.29 is 4.39 Å². The van der Waals surface area contributed by atoms with Gasteiger partial charge in [-0.3, -0.25) is 0 Å². The zero-order valence-corrected chi connectivity index (χ0v) is 13.6. The second kappa shape index (κ2) is 8.72. The highest BCUT2D eigenvalue weighted by Gasteiger charge is 2.17. The molecule has 0 atom stereocenters. The molecule has 1 aromatic rings. The Hall–Kier alpha value is -0.640. The normalized spacial score (nSPS) is 16.6. The van der Waals surface area contributed by atoms with Crippen molar-refractivity contribution in [1.82, 2.24) is 10.2 Å². The Kier molecular flexibility index (Phi) is 6.94. The van der Waals surface area contributed by atoms with E-state index in [2.05, 4.69) is 17.3 Å². The summed E-state index contributed by atoms with van der Waals surface area (Å²) in [5, 5.41) is 3.60. The van der Waals surface area contributed by atoms with Crippen molar-refractivity contribution in [3.8, 4) is 0 Å². The van der Waals surface area contributed by atoms with Crippen molar-refractivity contribution in [2.75, 3.05) is 20.1 Å². The average molecular weight is 313 g/mol. The van der Waals surface area contributed by atoms with Gasteiger partial charge in [-0.1, -0.05) is 36.9 Å². The fourth-order valence-electron chi connectivity index (χ4n) is 3.04. The molecule has 0 bridgehead atoms. The molecule has 0 aromatic heterocycles. The molecule has 0 unspecified atom stereocenters. The molecule has 2 nitrogen and oxygen atoms in total. The van der Waals surface area contributed by atoms with Crippen LogP contribution in [0.1, 0.15) is 44.1 Å². The minimum atomic E-state index is -0.352. The summed E-state index contributed by atoms with van der Waals surface area (Å²) in [5.74, 6) is -0.352. The van der Waals surface area contributed by atoms with E-state index in [1.54, 1.807) is 12.1 Å². The third-order valence-electron chi connectivity index (χ3n) is 4.38. The van der Waals surface area contributed by atoms with Crippen LogP contribution in [-0.4, -0.2) is 31.1 Å². The monoisotopic (exact) mass is 312 g/mol. The fourth-order valence-corrected chi connectivity index (χ4v) is 3.24. The molecule has 0 radical (unpaired) electrons. The van der Waals surface area contributed by atoms with Crippen LogP contribution in [0.15, 0.2) is 18.2 Å². The average Bonchev–Trinajstić information content (AvgIpc) is 2.51. The van der Waals surface area contributed by atoms with Crippen LogP contribution >= 0.6 is 11.6 Å². The molecule has 0 heterocycles. The summed E-state index contributed by atoms with van der Waals surface area (Å²) in [6.45, 7) is 2.86. The SMILES string of the molecule is CN(CCCNCc1ccc(F)c(Cl)c1)C1CCCCC1. The van der Waals surface area contributed by atoms with E-state index in [0.29, 0.717) is 0 Å². The Morgan fingerprint density at radius 2 is 2.05 bits per heavy atom. The highest BCUT2D eigenvalue weighted by Crippen LogP contribution is 2.21. The van der Waals surface area contributed by atoms with Gasteiger partial charge in [-0.25, -0.2) is 4.39 Å². The molecule has 1 aliphatic rings. The number of nitrogens with one attached hydrogen (secondary N) is 1. The van der Waals surface area contributed by atoms with Gasteiger partial charge in [0.2, 0.25) is 0 Å². The van der Waals surface area contributed by atoms with Gasteiger partial charge in [0.05, 0.1) is 5.02 Å². The molecule has 1 aromatic carbocycles. The van der Waals surface area contributed by atoms with Crippen LogP contribution < -0.4 is 5.32 Å². The zero-order valence-electron chi connectivity index (χ0n) is 12.9.